The molecular weight excluding hydrogens is 482 g/mol. The first kappa shape index (κ1) is 24.4. The summed E-state index contributed by atoms with van der Waals surface area (Å²) in [5, 5.41) is 16.8. The van der Waals surface area contributed by atoms with Crippen molar-refractivity contribution in [3.05, 3.63) is 64.1 Å². The van der Waals surface area contributed by atoms with Gasteiger partial charge in [-0.1, -0.05) is 5.16 Å². The van der Waals surface area contributed by atoms with Crippen LogP contribution in [0.25, 0.3) is 11.4 Å². The lowest BCUT2D eigenvalue weighted by molar-refractivity contribution is -0.150. The van der Waals surface area contributed by atoms with Crippen molar-refractivity contribution < 1.29 is 28.8 Å². The SMILES string of the molecule is Cc1cc(C(=O)N2CCC2)cc(N2CCO[C@H]([C@@H](O)C(=O)Nc3ccc(-c4noc(=O)[nH]4)cc3)C2=O)c1. The molecular formula is C25H25N5O7. The van der Waals surface area contributed by atoms with Crippen molar-refractivity contribution >= 4 is 29.1 Å². The van der Waals surface area contributed by atoms with E-state index < -0.39 is 29.8 Å². The molecule has 3 amide bonds. The summed E-state index contributed by atoms with van der Waals surface area (Å²) in [6, 6.07) is 11.5. The average molecular weight is 508 g/mol. The molecule has 12 nitrogen and oxygen atoms in total. The van der Waals surface area contributed by atoms with E-state index in [9.17, 15) is 24.3 Å². The number of nitrogens with zero attached hydrogens (tertiary/aromatic N) is 3. The van der Waals surface area contributed by atoms with E-state index in [1.807, 2.05) is 6.92 Å². The van der Waals surface area contributed by atoms with Crippen LogP contribution in [-0.2, 0) is 14.3 Å². The zero-order chi connectivity index (χ0) is 26.1. The minimum absolute atomic E-state index is 0.0891. The molecule has 0 saturated carbocycles. The zero-order valence-electron chi connectivity index (χ0n) is 20.0. The smallest absolute Gasteiger partial charge is 0.380 e. The van der Waals surface area contributed by atoms with Crippen molar-refractivity contribution in [3.63, 3.8) is 0 Å². The minimum atomic E-state index is -1.77. The van der Waals surface area contributed by atoms with Gasteiger partial charge in [0.15, 0.2) is 18.0 Å². The first-order chi connectivity index (χ1) is 17.8. The summed E-state index contributed by atoms with van der Waals surface area (Å²) < 4.78 is 9.96. The number of carbonyl (C=O) groups is 3. The number of aromatic amines is 1. The van der Waals surface area contributed by atoms with Crippen molar-refractivity contribution in [2.24, 2.45) is 0 Å². The van der Waals surface area contributed by atoms with Gasteiger partial charge in [0, 0.05) is 42.1 Å². The Morgan fingerprint density at radius 3 is 2.54 bits per heavy atom. The molecule has 2 aliphatic rings. The third-order valence-corrected chi connectivity index (χ3v) is 6.31. The second-order valence-electron chi connectivity index (χ2n) is 8.94. The monoisotopic (exact) mass is 507 g/mol. The zero-order valence-corrected chi connectivity index (χ0v) is 20.0. The number of nitrogens with one attached hydrogen (secondary N) is 2. The molecule has 12 heteroatoms. The fourth-order valence-electron chi connectivity index (χ4n) is 4.25. The summed E-state index contributed by atoms with van der Waals surface area (Å²) in [7, 11) is 0. The number of aryl methyl sites for hydroxylation is 1. The number of aliphatic hydroxyl groups excluding tert-OH is 1. The number of morpholine rings is 1. The summed E-state index contributed by atoms with van der Waals surface area (Å²) in [5.41, 5.74) is 2.72. The summed E-state index contributed by atoms with van der Waals surface area (Å²) in [5.74, 6) is -1.94. The van der Waals surface area contributed by atoms with Crippen LogP contribution in [0.1, 0.15) is 22.3 Å². The van der Waals surface area contributed by atoms with Crippen molar-refractivity contribution in [2.45, 2.75) is 25.6 Å². The Kier molecular flexibility index (Phi) is 6.59. The summed E-state index contributed by atoms with van der Waals surface area (Å²) >= 11 is 0. The number of hydrogen-bond donors (Lipinski definition) is 3. The average Bonchev–Trinajstić information content (AvgIpc) is 3.29. The third-order valence-electron chi connectivity index (χ3n) is 6.31. The molecule has 2 saturated heterocycles. The van der Waals surface area contributed by atoms with Gasteiger partial charge in [-0.2, -0.15) is 0 Å². The van der Waals surface area contributed by atoms with Crippen molar-refractivity contribution in [1.82, 2.24) is 15.0 Å². The number of aromatic nitrogens is 2. The number of amides is 3. The van der Waals surface area contributed by atoms with Crippen LogP contribution in [0.4, 0.5) is 11.4 Å². The van der Waals surface area contributed by atoms with Gasteiger partial charge in [0.05, 0.1) is 6.61 Å². The van der Waals surface area contributed by atoms with E-state index in [0.717, 1.165) is 12.0 Å². The van der Waals surface area contributed by atoms with Gasteiger partial charge in [0.2, 0.25) is 0 Å². The maximum Gasteiger partial charge on any atom is 0.439 e. The first-order valence-electron chi connectivity index (χ1n) is 11.8. The fraction of sp³-hybridized carbons (Fsp3) is 0.320. The molecule has 5 rings (SSSR count). The molecule has 3 aromatic rings. The quantitative estimate of drug-likeness (QED) is 0.444. The Labute approximate surface area is 210 Å². The minimum Gasteiger partial charge on any atom is -0.380 e. The van der Waals surface area contributed by atoms with E-state index in [2.05, 4.69) is 20.0 Å². The number of carbonyl (C=O) groups excluding carboxylic acids is 3. The van der Waals surface area contributed by atoms with Gasteiger partial charge in [-0.15, -0.1) is 0 Å². The lowest BCUT2D eigenvalue weighted by atomic mass is 10.0. The molecule has 2 fully saturated rings. The Bertz CT molecular complexity index is 1390. The van der Waals surface area contributed by atoms with Crippen molar-refractivity contribution in [3.8, 4) is 11.4 Å². The van der Waals surface area contributed by atoms with E-state index in [4.69, 9.17) is 4.74 Å². The van der Waals surface area contributed by atoms with Gasteiger partial charge in [0.1, 0.15) is 0 Å². The highest BCUT2D eigenvalue weighted by Gasteiger charge is 2.39. The van der Waals surface area contributed by atoms with Crippen LogP contribution in [0, 0.1) is 6.92 Å². The molecule has 2 aliphatic heterocycles. The number of aliphatic hydroxyl groups is 1. The second-order valence-corrected chi connectivity index (χ2v) is 8.94. The lowest BCUT2D eigenvalue weighted by Gasteiger charge is -2.35. The molecule has 2 atom stereocenters. The number of anilines is 2. The maximum absolute atomic E-state index is 13.2. The van der Waals surface area contributed by atoms with E-state index in [1.165, 1.54) is 4.90 Å². The number of rotatable bonds is 6. The van der Waals surface area contributed by atoms with E-state index in [-0.39, 0.29) is 24.9 Å². The van der Waals surface area contributed by atoms with Crippen molar-refractivity contribution in [2.75, 3.05) is 36.5 Å². The lowest BCUT2D eigenvalue weighted by Crippen LogP contribution is -2.55. The fourth-order valence-corrected chi connectivity index (χ4v) is 4.25. The standard InChI is InChI=1S/C25H25N5O7/c1-14-11-16(23(33)29-7-2-8-29)13-18(12-14)30-9-10-36-20(24(30)34)19(31)22(32)26-17-5-3-15(4-6-17)21-27-25(35)37-28-21/h3-6,11-13,19-20,31H,2,7-10H2,1H3,(H,26,32)(H,27,28,35)/t19-,20-/m1/s1. The summed E-state index contributed by atoms with van der Waals surface area (Å²) in [4.78, 5) is 55.4. The molecule has 2 aromatic carbocycles. The predicted octanol–water partition coefficient (Wildman–Crippen LogP) is 0.916. The van der Waals surface area contributed by atoms with Gasteiger partial charge >= 0.3 is 5.76 Å². The Morgan fingerprint density at radius 2 is 1.89 bits per heavy atom. The highest BCUT2D eigenvalue weighted by Crippen LogP contribution is 2.25. The number of likely N-dealkylation sites (tertiary alicyclic amines) is 1. The van der Waals surface area contributed by atoms with Gasteiger partial charge in [-0.3, -0.25) is 23.9 Å². The second kappa shape index (κ2) is 9.99. The predicted molar refractivity (Wildman–Crippen MR) is 131 cm³/mol. The molecule has 3 heterocycles. The van der Waals surface area contributed by atoms with Crippen LogP contribution < -0.4 is 16.0 Å². The van der Waals surface area contributed by atoms with Gasteiger partial charge < -0.3 is 25.0 Å². The van der Waals surface area contributed by atoms with E-state index in [0.29, 0.717) is 35.6 Å². The molecule has 0 aliphatic carbocycles. The van der Waals surface area contributed by atoms with Gasteiger partial charge in [0.25, 0.3) is 17.7 Å². The van der Waals surface area contributed by atoms with Crippen LogP contribution in [0.15, 0.2) is 51.8 Å². The largest absolute Gasteiger partial charge is 0.439 e. The first-order valence-corrected chi connectivity index (χ1v) is 11.8. The van der Waals surface area contributed by atoms with Crippen LogP contribution in [-0.4, -0.2) is 76.3 Å². The van der Waals surface area contributed by atoms with Crippen LogP contribution >= 0.6 is 0 Å². The molecule has 1 aromatic heterocycles. The van der Waals surface area contributed by atoms with E-state index in [1.54, 1.807) is 47.4 Å². The topological polar surface area (TPSA) is 158 Å². The van der Waals surface area contributed by atoms with Crippen LogP contribution in [0.3, 0.4) is 0 Å². The summed E-state index contributed by atoms with van der Waals surface area (Å²) in [6.07, 6.45) is -2.21. The molecule has 192 valence electrons. The van der Waals surface area contributed by atoms with Crippen LogP contribution in [0.2, 0.25) is 0 Å². The number of H-pyrrole nitrogens is 1. The van der Waals surface area contributed by atoms with Crippen molar-refractivity contribution in [1.29, 1.82) is 0 Å². The Balaban J connectivity index is 1.27. The van der Waals surface area contributed by atoms with Gasteiger partial charge in [-0.05, 0) is 61.4 Å². The van der Waals surface area contributed by atoms with Gasteiger partial charge in [-0.25, -0.2) is 4.79 Å². The highest BCUT2D eigenvalue weighted by molar-refractivity contribution is 6.04. The molecule has 0 spiro atoms. The third kappa shape index (κ3) is 5.01. The Morgan fingerprint density at radius 1 is 1.14 bits per heavy atom. The molecule has 3 N–H and O–H groups in total. The number of hydrogen-bond acceptors (Lipinski definition) is 8. The van der Waals surface area contributed by atoms with E-state index >= 15 is 0 Å². The molecule has 0 bridgehead atoms. The Hall–Kier alpha value is -4.29. The molecule has 0 unspecified atom stereocenters. The highest BCUT2D eigenvalue weighted by atomic mass is 16.5. The van der Waals surface area contributed by atoms with Crippen LogP contribution in [0.5, 0.6) is 0 Å². The molecule has 37 heavy (non-hydrogen) atoms. The number of ether oxygens (including phenoxy) is 1. The summed E-state index contributed by atoms with van der Waals surface area (Å²) in [6.45, 7) is 3.59. The number of benzene rings is 2. The normalized spacial score (nSPS) is 18.3. The maximum atomic E-state index is 13.2. The molecule has 0 radical (unpaired) electrons.